The summed E-state index contributed by atoms with van der Waals surface area (Å²) in [6.45, 7) is 4.36. The Morgan fingerprint density at radius 3 is 2.85 bits per heavy atom. The average Bonchev–Trinajstić information content (AvgIpc) is 2.41. The maximum atomic E-state index is 13.8. The van der Waals surface area contributed by atoms with Crippen molar-refractivity contribution in [2.24, 2.45) is 0 Å². The maximum Gasteiger partial charge on any atom is 0.149 e. The summed E-state index contributed by atoms with van der Waals surface area (Å²) in [6.07, 6.45) is -0.614. The lowest BCUT2D eigenvalue weighted by Gasteiger charge is -2.17. The van der Waals surface area contributed by atoms with E-state index < -0.39 is 6.10 Å². The molecule has 0 aliphatic carbocycles. The number of hydrogen-bond donors (Lipinski definition) is 2. The second-order valence-electron chi connectivity index (χ2n) is 4.82. The van der Waals surface area contributed by atoms with Crippen LogP contribution in [0.25, 0.3) is 10.9 Å². The lowest BCUT2D eigenvalue weighted by Crippen LogP contribution is -2.24. The van der Waals surface area contributed by atoms with Crippen LogP contribution >= 0.6 is 0 Å². The highest BCUT2D eigenvalue weighted by molar-refractivity contribution is 5.93. The Morgan fingerprint density at radius 1 is 1.40 bits per heavy atom. The number of para-hydroxylation sites is 1. The van der Waals surface area contributed by atoms with Gasteiger partial charge in [0, 0.05) is 30.4 Å². The molecule has 5 heteroatoms. The van der Waals surface area contributed by atoms with Gasteiger partial charge in [-0.3, -0.25) is 0 Å². The Hall–Kier alpha value is -1.72. The van der Waals surface area contributed by atoms with Crippen molar-refractivity contribution in [2.75, 3.05) is 25.6 Å². The van der Waals surface area contributed by atoms with Gasteiger partial charge in [-0.05, 0) is 25.5 Å². The quantitative estimate of drug-likeness (QED) is 0.882. The molecule has 0 fully saturated rings. The molecule has 0 amide bonds. The molecule has 0 saturated heterocycles. The zero-order chi connectivity index (χ0) is 14.7. The number of anilines is 1. The van der Waals surface area contributed by atoms with Gasteiger partial charge in [0.2, 0.25) is 0 Å². The Balaban J connectivity index is 2.40. The second-order valence-corrected chi connectivity index (χ2v) is 4.82. The molecular formula is C15H19FN2O2. The number of nitrogens with one attached hydrogen (secondary N) is 1. The molecular weight excluding hydrogens is 259 g/mol. The van der Waals surface area contributed by atoms with Crippen LogP contribution in [0.4, 0.5) is 10.1 Å². The minimum Gasteiger partial charge on any atom is -0.389 e. The third kappa shape index (κ3) is 2.89. The number of aliphatic hydroxyl groups excluding tert-OH is 1. The number of fused-ring (bicyclic) bond motifs is 1. The molecule has 0 spiro atoms. The number of aliphatic hydroxyl groups is 1. The summed E-state index contributed by atoms with van der Waals surface area (Å²) in [5, 5.41) is 13.6. The molecule has 0 bridgehead atoms. The second kappa shape index (κ2) is 6.15. The highest BCUT2D eigenvalue weighted by Crippen LogP contribution is 2.29. The summed E-state index contributed by atoms with van der Waals surface area (Å²) in [6, 6.07) is 4.88. The summed E-state index contributed by atoms with van der Waals surface area (Å²) < 4.78 is 18.7. The van der Waals surface area contributed by atoms with E-state index >= 15 is 0 Å². The van der Waals surface area contributed by atoms with Crippen LogP contribution in [0.2, 0.25) is 0 Å². The van der Waals surface area contributed by atoms with Crippen molar-refractivity contribution in [3.8, 4) is 0 Å². The fraction of sp³-hybridized carbons (Fsp3) is 0.400. The molecule has 0 aliphatic rings. The van der Waals surface area contributed by atoms with Crippen LogP contribution in [-0.2, 0) is 4.74 Å². The van der Waals surface area contributed by atoms with Crippen LogP contribution in [0, 0.1) is 19.7 Å². The van der Waals surface area contributed by atoms with Crippen LogP contribution < -0.4 is 5.32 Å². The number of rotatable bonds is 5. The van der Waals surface area contributed by atoms with E-state index in [1.54, 1.807) is 6.07 Å². The van der Waals surface area contributed by atoms with E-state index in [-0.39, 0.29) is 12.4 Å². The van der Waals surface area contributed by atoms with Gasteiger partial charge in [0.25, 0.3) is 0 Å². The highest BCUT2D eigenvalue weighted by atomic mass is 19.1. The van der Waals surface area contributed by atoms with Crippen LogP contribution in [0.5, 0.6) is 0 Å². The van der Waals surface area contributed by atoms with Crippen LogP contribution in [0.1, 0.15) is 11.3 Å². The van der Waals surface area contributed by atoms with Crippen LogP contribution in [-0.4, -0.2) is 36.5 Å². The number of hydrogen-bond acceptors (Lipinski definition) is 4. The van der Waals surface area contributed by atoms with Crippen molar-refractivity contribution in [1.82, 2.24) is 4.98 Å². The number of ether oxygens (including phenoxy) is 1. The number of nitrogens with zero attached hydrogens (tertiary/aromatic N) is 1. The van der Waals surface area contributed by atoms with Gasteiger partial charge in [0.15, 0.2) is 0 Å². The first kappa shape index (κ1) is 14.7. The first-order valence-electron chi connectivity index (χ1n) is 6.51. The van der Waals surface area contributed by atoms with Gasteiger partial charge in [-0.15, -0.1) is 0 Å². The van der Waals surface area contributed by atoms with Gasteiger partial charge in [0.1, 0.15) is 11.3 Å². The average molecular weight is 278 g/mol. The standard InChI is InChI=1S/C15H19FN2O2/c1-9-10(2)18-15-12(5-4-6-13(15)16)14(9)17-7-11(19)8-20-3/h4-6,11,19H,7-8H2,1-3H3,(H,17,18). The molecule has 1 aromatic carbocycles. The molecule has 0 aliphatic heterocycles. The number of benzene rings is 1. The lowest BCUT2D eigenvalue weighted by molar-refractivity contribution is 0.0728. The normalized spacial score (nSPS) is 12.7. The topological polar surface area (TPSA) is 54.4 Å². The molecule has 0 saturated carbocycles. The fourth-order valence-corrected chi connectivity index (χ4v) is 2.16. The summed E-state index contributed by atoms with van der Waals surface area (Å²) in [5.74, 6) is -0.342. The maximum absolute atomic E-state index is 13.8. The van der Waals surface area contributed by atoms with Crippen molar-refractivity contribution in [3.05, 3.63) is 35.3 Å². The SMILES string of the molecule is COCC(O)CNc1c(C)c(C)nc2c(F)cccc12. The molecule has 1 heterocycles. The van der Waals surface area contributed by atoms with E-state index in [0.29, 0.717) is 12.1 Å². The molecule has 1 aromatic heterocycles. The van der Waals surface area contributed by atoms with E-state index in [9.17, 15) is 9.50 Å². The first-order chi connectivity index (χ1) is 9.54. The van der Waals surface area contributed by atoms with Gasteiger partial charge in [0.05, 0.1) is 12.7 Å². The fourth-order valence-electron chi connectivity index (χ4n) is 2.16. The van der Waals surface area contributed by atoms with Gasteiger partial charge in [-0.1, -0.05) is 12.1 Å². The van der Waals surface area contributed by atoms with Gasteiger partial charge in [-0.2, -0.15) is 0 Å². The smallest absolute Gasteiger partial charge is 0.149 e. The van der Waals surface area contributed by atoms with Crippen molar-refractivity contribution in [2.45, 2.75) is 20.0 Å². The molecule has 2 N–H and O–H groups in total. The summed E-state index contributed by atoms with van der Waals surface area (Å²) >= 11 is 0. The van der Waals surface area contributed by atoms with Gasteiger partial charge < -0.3 is 15.2 Å². The minimum atomic E-state index is -0.614. The van der Waals surface area contributed by atoms with Crippen LogP contribution in [0.3, 0.4) is 0 Å². The predicted molar refractivity (Wildman–Crippen MR) is 77.5 cm³/mol. The molecule has 20 heavy (non-hydrogen) atoms. The van der Waals surface area contributed by atoms with Gasteiger partial charge >= 0.3 is 0 Å². The molecule has 1 unspecified atom stereocenters. The summed E-state index contributed by atoms with van der Waals surface area (Å²) in [7, 11) is 1.54. The van der Waals surface area contributed by atoms with E-state index in [2.05, 4.69) is 10.3 Å². The summed E-state index contributed by atoms with van der Waals surface area (Å²) in [5.41, 5.74) is 2.88. The number of pyridine rings is 1. The third-order valence-corrected chi connectivity index (χ3v) is 3.33. The largest absolute Gasteiger partial charge is 0.389 e. The molecule has 1 atom stereocenters. The number of aryl methyl sites for hydroxylation is 1. The van der Waals surface area contributed by atoms with Crippen LogP contribution in [0.15, 0.2) is 18.2 Å². The van der Waals surface area contributed by atoms with E-state index in [0.717, 1.165) is 22.3 Å². The molecule has 0 radical (unpaired) electrons. The van der Waals surface area contributed by atoms with Crippen molar-refractivity contribution in [3.63, 3.8) is 0 Å². The minimum absolute atomic E-state index is 0.252. The van der Waals surface area contributed by atoms with E-state index in [1.807, 2.05) is 19.9 Å². The van der Waals surface area contributed by atoms with E-state index in [4.69, 9.17) is 4.74 Å². The monoisotopic (exact) mass is 278 g/mol. The van der Waals surface area contributed by atoms with Gasteiger partial charge in [-0.25, -0.2) is 9.37 Å². The number of methoxy groups -OCH3 is 1. The zero-order valence-electron chi connectivity index (χ0n) is 11.9. The number of halogens is 1. The van der Waals surface area contributed by atoms with Crippen molar-refractivity contribution < 1.29 is 14.2 Å². The molecule has 4 nitrogen and oxygen atoms in total. The molecule has 2 rings (SSSR count). The lowest BCUT2D eigenvalue weighted by atomic mass is 10.1. The Morgan fingerprint density at radius 2 is 2.15 bits per heavy atom. The number of aromatic nitrogens is 1. The van der Waals surface area contributed by atoms with Crippen molar-refractivity contribution >= 4 is 16.6 Å². The summed E-state index contributed by atoms with van der Waals surface area (Å²) in [4.78, 5) is 4.30. The van der Waals surface area contributed by atoms with Crippen molar-refractivity contribution in [1.29, 1.82) is 0 Å². The van der Waals surface area contributed by atoms with E-state index in [1.165, 1.54) is 13.2 Å². The molecule has 108 valence electrons. The Bertz CT molecular complexity index is 616. The third-order valence-electron chi connectivity index (χ3n) is 3.33. The Labute approximate surface area is 117 Å². The Kier molecular flexibility index (Phi) is 4.52. The first-order valence-corrected chi connectivity index (χ1v) is 6.51. The highest BCUT2D eigenvalue weighted by Gasteiger charge is 2.13. The predicted octanol–water partition coefficient (Wildman–Crippen LogP) is 2.41. The molecule has 2 aromatic rings. The zero-order valence-corrected chi connectivity index (χ0v) is 11.9.